The van der Waals surface area contributed by atoms with Gasteiger partial charge in [-0.1, -0.05) is 0 Å². The minimum atomic E-state index is 0.281. The molecule has 1 saturated heterocycles. The van der Waals surface area contributed by atoms with Crippen molar-refractivity contribution >= 4 is 5.65 Å². The van der Waals surface area contributed by atoms with Crippen molar-refractivity contribution in [3.05, 3.63) is 24.8 Å². The van der Waals surface area contributed by atoms with Crippen LogP contribution in [-0.4, -0.2) is 33.6 Å². The highest BCUT2D eigenvalue weighted by atomic mass is 16.5. The number of nitrogens with one attached hydrogen (secondary N) is 1. The van der Waals surface area contributed by atoms with Crippen molar-refractivity contribution in [1.29, 1.82) is 0 Å². The second-order valence-corrected chi connectivity index (χ2v) is 3.30. The third-order valence-electron chi connectivity index (χ3n) is 2.31. The van der Waals surface area contributed by atoms with E-state index in [-0.39, 0.29) is 6.10 Å². The average molecular weight is 190 g/mol. The van der Waals surface area contributed by atoms with E-state index >= 15 is 0 Å². The predicted octanol–water partition coefficient (Wildman–Crippen LogP) is 0.0799. The summed E-state index contributed by atoms with van der Waals surface area (Å²) >= 11 is 0. The van der Waals surface area contributed by atoms with Crippen LogP contribution in [-0.2, 0) is 0 Å². The zero-order chi connectivity index (χ0) is 9.38. The molecule has 0 unspecified atom stereocenters. The standard InChI is InChI=1S/C9H10N4O/c1-2-13-8(5-10-1)12-6-9(13)14-7-3-11-4-7/h1-2,5-7,11H,3-4H2. The van der Waals surface area contributed by atoms with Crippen LogP contribution in [0.1, 0.15) is 0 Å². The lowest BCUT2D eigenvalue weighted by Crippen LogP contribution is -2.50. The number of imidazole rings is 1. The molecular weight excluding hydrogens is 180 g/mol. The summed E-state index contributed by atoms with van der Waals surface area (Å²) in [5.41, 5.74) is 0.815. The molecule has 0 radical (unpaired) electrons. The van der Waals surface area contributed by atoms with Gasteiger partial charge in [0.15, 0.2) is 5.65 Å². The Kier molecular flexibility index (Phi) is 1.63. The Hall–Kier alpha value is -1.62. The van der Waals surface area contributed by atoms with E-state index < -0.39 is 0 Å². The normalized spacial score (nSPS) is 16.9. The largest absolute Gasteiger partial charge is 0.471 e. The maximum atomic E-state index is 5.71. The molecule has 2 aromatic heterocycles. The van der Waals surface area contributed by atoms with E-state index in [2.05, 4.69) is 15.3 Å². The number of rotatable bonds is 2. The molecule has 0 atom stereocenters. The quantitative estimate of drug-likeness (QED) is 0.728. The van der Waals surface area contributed by atoms with Crippen LogP contribution in [0.3, 0.4) is 0 Å². The monoisotopic (exact) mass is 190 g/mol. The fraction of sp³-hybridized carbons (Fsp3) is 0.333. The topological polar surface area (TPSA) is 51.5 Å². The van der Waals surface area contributed by atoms with Crippen molar-refractivity contribution in [3.8, 4) is 5.88 Å². The van der Waals surface area contributed by atoms with Crippen molar-refractivity contribution in [1.82, 2.24) is 19.7 Å². The van der Waals surface area contributed by atoms with E-state index in [0.29, 0.717) is 0 Å². The molecule has 5 nitrogen and oxygen atoms in total. The van der Waals surface area contributed by atoms with Gasteiger partial charge in [-0.15, -0.1) is 0 Å². The van der Waals surface area contributed by atoms with Crippen LogP contribution in [0.5, 0.6) is 5.88 Å². The highest BCUT2D eigenvalue weighted by Crippen LogP contribution is 2.15. The summed E-state index contributed by atoms with van der Waals surface area (Å²) < 4.78 is 7.61. The van der Waals surface area contributed by atoms with E-state index in [9.17, 15) is 0 Å². The molecule has 1 aliphatic heterocycles. The lowest BCUT2D eigenvalue weighted by atomic mass is 10.2. The molecule has 14 heavy (non-hydrogen) atoms. The third-order valence-corrected chi connectivity index (χ3v) is 2.31. The van der Waals surface area contributed by atoms with Gasteiger partial charge >= 0.3 is 0 Å². The summed E-state index contributed by atoms with van der Waals surface area (Å²) in [5, 5.41) is 3.15. The van der Waals surface area contributed by atoms with Gasteiger partial charge in [-0.2, -0.15) is 0 Å². The van der Waals surface area contributed by atoms with Gasteiger partial charge in [0.05, 0.1) is 12.4 Å². The van der Waals surface area contributed by atoms with Crippen LogP contribution in [0.15, 0.2) is 24.8 Å². The van der Waals surface area contributed by atoms with E-state index in [1.165, 1.54) is 0 Å². The first kappa shape index (κ1) is 7.75. The molecule has 1 N–H and O–H groups in total. The van der Waals surface area contributed by atoms with Gasteiger partial charge in [0.2, 0.25) is 5.88 Å². The summed E-state index contributed by atoms with van der Waals surface area (Å²) in [7, 11) is 0. The minimum Gasteiger partial charge on any atom is -0.471 e. The van der Waals surface area contributed by atoms with Crippen molar-refractivity contribution in [2.75, 3.05) is 13.1 Å². The van der Waals surface area contributed by atoms with Crippen LogP contribution in [0.2, 0.25) is 0 Å². The van der Waals surface area contributed by atoms with Gasteiger partial charge in [0, 0.05) is 25.5 Å². The van der Waals surface area contributed by atoms with E-state index in [1.54, 1.807) is 18.6 Å². The Labute approximate surface area is 80.7 Å². The molecule has 0 aromatic carbocycles. The zero-order valence-corrected chi connectivity index (χ0v) is 7.55. The average Bonchev–Trinajstić information content (AvgIpc) is 2.55. The number of ether oxygens (including phenoxy) is 1. The first-order valence-corrected chi connectivity index (χ1v) is 4.58. The molecule has 5 heteroatoms. The maximum absolute atomic E-state index is 5.71. The zero-order valence-electron chi connectivity index (χ0n) is 7.55. The number of hydrogen-bond donors (Lipinski definition) is 1. The van der Waals surface area contributed by atoms with Gasteiger partial charge in [-0.25, -0.2) is 4.98 Å². The summed E-state index contributed by atoms with van der Waals surface area (Å²) in [5.74, 6) is 0.786. The van der Waals surface area contributed by atoms with Crippen molar-refractivity contribution in [2.24, 2.45) is 0 Å². The van der Waals surface area contributed by atoms with Crippen molar-refractivity contribution in [3.63, 3.8) is 0 Å². The molecule has 2 aromatic rings. The van der Waals surface area contributed by atoms with E-state index in [4.69, 9.17) is 4.74 Å². The number of aromatic nitrogens is 3. The third kappa shape index (κ3) is 1.13. The summed E-state index contributed by atoms with van der Waals surface area (Å²) in [4.78, 5) is 8.17. The van der Waals surface area contributed by atoms with Crippen molar-refractivity contribution < 1.29 is 4.74 Å². The Bertz CT molecular complexity index is 449. The second-order valence-electron chi connectivity index (χ2n) is 3.30. The number of fused-ring (bicyclic) bond motifs is 1. The molecule has 72 valence electrons. The van der Waals surface area contributed by atoms with Gasteiger partial charge in [-0.05, 0) is 0 Å². The maximum Gasteiger partial charge on any atom is 0.218 e. The summed E-state index contributed by atoms with van der Waals surface area (Å²) in [6.07, 6.45) is 7.30. The molecule has 0 aliphatic carbocycles. The number of hydrogen-bond acceptors (Lipinski definition) is 4. The molecule has 0 spiro atoms. The van der Waals surface area contributed by atoms with E-state index in [0.717, 1.165) is 24.6 Å². The Morgan fingerprint density at radius 3 is 3.14 bits per heavy atom. The lowest BCUT2D eigenvalue weighted by Gasteiger charge is -2.27. The minimum absolute atomic E-state index is 0.281. The molecule has 1 aliphatic rings. The molecule has 0 amide bonds. The number of nitrogens with zero attached hydrogens (tertiary/aromatic N) is 3. The Balaban J connectivity index is 1.95. The van der Waals surface area contributed by atoms with Crippen LogP contribution in [0.25, 0.3) is 5.65 Å². The van der Waals surface area contributed by atoms with Gasteiger partial charge in [0.1, 0.15) is 6.10 Å². The van der Waals surface area contributed by atoms with Crippen molar-refractivity contribution in [2.45, 2.75) is 6.10 Å². The predicted molar refractivity (Wildman–Crippen MR) is 50.3 cm³/mol. The van der Waals surface area contributed by atoms with Gasteiger partial charge in [-0.3, -0.25) is 9.38 Å². The smallest absolute Gasteiger partial charge is 0.218 e. The molecule has 0 bridgehead atoms. The fourth-order valence-electron chi connectivity index (χ4n) is 1.42. The van der Waals surface area contributed by atoms with Crippen LogP contribution >= 0.6 is 0 Å². The molecular formula is C9H10N4O. The fourth-order valence-corrected chi connectivity index (χ4v) is 1.42. The second kappa shape index (κ2) is 2.95. The SMILES string of the molecule is c1cn2c(OC3CNC3)cnc2cn1. The van der Waals surface area contributed by atoms with Gasteiger partial charge in [0.25, 0.3) is 0 Å². The summed E-state index contributed by atoms with van der Waals surface area (Å²) in [6, 6.07) is 0. The first-order valence-electron chi connectivity index (χ1n) is 4.58. The molecule has 3 heterocycles. The highest BCUT2D eigenvalue weighted by molar-refractivity contribution is 5.39. The van der Waals surface area contributed by atoms with Crippen LogP contribution < -0.4 is 10.1 Å². The van der Waals surface area contributed by atoms with Crippen LogP contribution in [0, 0.1) is 0 Å². The molecule has 1 fully saturated rings. The first-order chi connectivity index (χ1) is 6.93. The lowest BCUT2D eigenvalue weighted by molar-refractivity contribution is 0.135. The highest BCUT2D eigenvalue weighted by Gasteiger charge is 2.19. The summed E-state index contributed by atoms with van der Waals surface area (Å²) in [6.45, 7) is 1.83. The molecule has 3 rings (SSSR count). The molecule has 0 saturated carbocycles. The van der Waals surface area contributed by atoms with Crippen LogP contribution in [0.4, 0.5) is 0 Å². The Morgan fingerprint density at radius 2 is 2.36 bits per heavy atom. The van der Waals surface area contributed by atoms with Gasteiger partial charge < -0.3 is 10.1 Å². The Morgan fingerprint density at radius 1 is 1.43 bits per heavy atom. The van der Waals surface area contributed by atoms with E-state index in [1.807, 2.05) is 10.6 Å².